The SMILES string of the molecule is [C-]#[N+]c1ccc(-c2ccn3c(CC4CC4(F)F)nnc3c2F)cc1. The molecule has 0 spiro atoms. The van der Waals surface area contributed by atoms with Crippen LogP contribution in [-0.4, -0.2) is 20.5 Å². The lowest BCUT2D eigenvalue weighted by Crippen LogP contribution is -2.02. The summed E-state index contributed by atoms with van der Waals surface area (Å²) in [6.07, 6.45) is 1.51. The number of fused-ring (bicyclic) bond motifs is 1. The minimum atomic E-state index is -2.64. The van der Waals surface area contributed by atoms with E-state index in [2.05, 4.69) is 15.0 Å². The number of alkyl halides is 2. The van der Waals surface area contributed by atoms with Gasteiger partial charge in [0.05, 0.1) is 6.57 Å². The van der Waals surface area contributed by atoms with Crippen LogP contribution >= 0.6 is 0 Å². The molecule has 24 heavy (non-hydrogen) atoms. The van der Waals surface area contributed by atoms with Crippen LogP contribution in [0.1, 0.15) is 12.2 Å². The summed E-state index contributed by atoms with van der Waals surface area (Å²) >= 11 is 0. The number of hydrogen-bond acceptors (Lipinski definition) is 2. The van der Waals surface area contributed by atoms with E-state index in [1.165, 1.54) is 4.40 Å². The fourth-order valence-electron chi connectivity index (χ4n) is 2.76. The quantitative estimate of drug-likeness (QED) is 0.673. The maximum absolute atomic E-state index is 14.7. The van der Waals surface area contributed by atoms with Gasteiger partial charge in [0.25, 0.3) is 5.92 Å². The largest absolute Gasteiger partial charge is 0.284 e. The standard InChI is InChI=1S/C17H11F3N4/c1-21-12-4-2-10(3-5-12)13-6-7-24-14(8-11-9-17(11,19)20)22-23-16(24)15(13)18/h2-7,11H,8-9H2. The molecule has 0 amide bonds. The van der Waals surface area contributed by atoms with Crippen molar-refractivity contribution in [1.82, 2.24) is 14.6 Å². The Labute approximate surface area is 135 Å². The van der Waals surface area contributed by atoms with Crippen LogP contribution in [-0.2, 0) is 6.42 Å². The van der Waals surface area contributed by atoms with E-state index in [0.29, 0.717) is 22.6 Å². The molecular weight excluding hydrogens is 317 g/mol. The maximum atomic E-state index is 14.7. The van der Waals surface area contributed by atoms with Crippen LogP contribution in [0.4, 0.5) is 18.9 Å². The number of pyridine rings is 1. The molecular formula is C17H11F3N4. The van der Waals surface area contributed by atoms with E-state index >= 15 is 0 Å². The minimum Gasteiger partial charge on any atom is -0.284 e. The summed E-state index contributed by atoms with van der Waals surface area (Å²) in [6.45, 7) is 6.94. The Morgan fingerprint density at radius 3 is 2.54 bits per heavy atom. The molecule has 7 heteroatoms. The first kappa shape index (κ1) is 14.7. The fraction of sp³-hybridized carbons (Fsp3) is 0.235. The highest BCUT2D eigenvalue weighted by Crippen LogP contribution is 2.50. The monoisotopic (exact) mass is 328 g/mol. The molecule has 1 aliphatic carbocycles. The van der Waals surface area contributed by atoms with Crippen molar-refractivity contribution in [2.75, 3.05) is 0 Å². The van der Waals surface area contributed by atoms with E-state index < -0.39 is 17.7 Å². The smallest absolute Gasteiger partial charge is 0.252 e. The van der Waals surface area contributed by atoms with E-state index in [1.54, 1.807) is 36.5 Å². The highest BCUT2D eigenvalue weighted by Gasteiger charge is 2.56. The van der Waals surface area contributed by atoms with Crippen molar-refractivity contribution in [3.8, 4) is 11.1 Å². The lowest BCUT2D eigenvalue weighted by Gasteiger charge is -2.06. The summed E-state index contributed by atoms with van der Waals surface area (Å²) in [7, 11) is 0. The minimum absolute atomic E-state index is 0.0146. The van der Waals surface area contributed by atoms with E-state index in [0.717, 1.165) is 0 Å². The molecule has 2 heterocycles. The number of halogens is 3. The number of benzene rings is 1. The van der Waals surface area contributed by atoms with Crippen molar-refractivity contribution in [2.24, 2.45) is 5.92 Å². The van der Waals surface area contributed by atoms with Gasteiger partial charge in [-0.25, -0.2) is 18.0 Å². The van der Waals surface area contributed by atoms with Gasteiger partial charge in [-0.2, -0.15) is 0 Å². The molecule has 0 radical (unpaired) electrons. The van der Waals surface area contributed by atoms with Gasteiger partial charge in [0.15, 0.2) is 17.2 Å². The third-order valence-corrected chi connectivity index (χ3v) is 4.28. The average Bonchev–Trinajstić information content (AvgIpc) is 2.98. The van der Waals surface area contributed by atoms with Gasteiger partial charge < -0.3 is 0 Å². The normalized spacial score (nSPS) is 18.5. The number of rotatable bonds is 3. The van der Waals surface area contributed by atoms with Gasteiger partial charge in [0.1, 0.15) is 5.82 Å². The number of nitrogens with zero attached hydrogens (tertiary/aromatic N) is 4. The summed E-state index contributed by atoms with van der Waals surface area (Å²) in [5.74, 6) is -3.61. The summed E-state index contributed by atoms with van der Waals surface area (Å²) in [4.78, 5) is 3.29. The third kappa shape index (κ3) is 2.31. The first-order valence-corrected chi connectivity index (χ1v) is 7.37. The molecule has 0 bridgehead atoms. The molecule has 0 N–H and O–H groups in total. The summed E-state index contributed by atoms with van der Waals surface area (Å²) in [5, 5.41) is 7.68. The molecule has 1 unspecified atom stereocenters. The number of hydrogen-bond donors (Lipinski definition) is 0. The Balaban J connectivity index is 1.72. The Morgan fingerprint density at radius 1 is 1.21 bits per heavy atom. The van der Waals surface area contributed by atoms with Gasteiger partial charge in [-0.15, -0.1) is 10.2 Å². The van der Waals surface area contributed by atoms with Crippen molar-refractivity contribution in [2.45, 2.75) is 18.8 Å². The van der Waals surface area contributed by atoms with E-state index in [9.17, 15) is 13.2 Å². The zero-order valence-corrected chi connectivity index (χ0v) is 12.4. The van der Waals surface area contributed by atoms with Crippen molar-refractivity contribution in [3.05, 3.63) is 59.6 Å². The van der Waals surface area contributed by atoms with Gasteiger partial charge in [-0.05, 0) is 11.6 Å². The Kier molecular flexibility index (Phi) is 3.10. The van der Waals surface area contributed by atoms with Gasteiger partial charge in [-0.1, -0.05) is 24.3 Å². The van der Waals surface area contributed by atoms with Gasteiger partial charge in [0.2, 0.25) is 0 Å². The topological polar surface area (TPSA) is 34.5 Å². The highest BCUT2D eigenvalue weighted by molar-refractivity contribution is 5.70. The van der Waals surface area contributed by atoms with Crippen LogP contribution in [0, 0.1) is 18.3 Å². The van der Waals surface area contributed by atoms with Gasteiger partial charge >= 0.3 is 0 Å². The molecule has 4 nitrogen and oxygen atoms in total. The van der Waals surface area contributed by atoms with Crippen molar-refractivity contribution < 1.29 is 13.2 Å². The van der Waals surface area contributed by atoms with Crippen LogP contribution in [0.25, 0.3) is 21.6 Å². The first-order valence-electron chi connectivity index (χ1n) is 7.37. The predicted molar refractivity (Wildman–Crippen MR) is 81.4 cm³/mol. The van der Waals surface area contributed by atoms with Crippen LogP contribution in [0.2, 0.25) is 0 Å². The summed E-state index contributed by atoms with van der Waals surface area (Å²) in [6, 6.07) is 8.09. The number of aromatic nitrogens is 3. The predicted octanol–water partition coefficient (Wildman–Crippen LogP) is 4.28. The average molecular weight is 328 g/mol. The Hall–Kier alpha value is -2.88. The summed E-state index contributed by atoms with van der Waals surface area (Å²) in [5.41, 5.74) is 1.42. The van der Waals surface area contributed by atoms with Gasteiger partial charge in [0, 0.05) is 30.5 Å². The maximum Gasteiger partial charge on any atom is 0.252 e. The zero-order chi connectivity index (χ0) is 16.9. The van der Waals surface area contributed by atoms with Gasteiger partial charge in [-0.3, -0.25) is 4.40 Å². The zero-order valence-electron chi connectivity index (χ0n) is 12.4. The fourth-order valence-corrected chi connectivity index (χ4v) is 2.76. The Bertz CT molecular complexity index is 970. The molecule has 4 rings (SSSR count). The van der Waals surface area contributed by atoms with E-state index in [4.69, 9.17) is 6.57 Å². The van der Waals surface area contributed by atoms with Crippen molar-refractivity contribution in [1.29, 1.82) is 0 Å². The molecule has 3 aromatic rings. The third-order valence-electron chi connectivity index (χ3n) is 4.28. The van der Waals surface area contributed by atoms with Crippen molar-refractivity contribution in [3.63, 3.8) is 0 Å². The second-order valence-electron chi connectivity index (χ2n) is 5.88. The summed E-state index contributed by atoms with van der Waals surface area (Å²) < 4.78 is 42.3. The molecule has 1 atom stereocenters. The van der Waals surface area contributed by atoms with Crippen molar-refractivity contribution >= 4 is 11.3 Å². The molecule has 120 valence electrons. The first-order chi connectivity index (χ1) is 11.5. The van der Waals surface area contributed by atoms with Crippen LogP contribution in [0.5, 0.6) is 0 Å². The molecule has 1 fully saturated rings. The lowest BCUT2D eigenvalue weighted by atomic mass is 10.1. The molecule has 1 aromatic carbocycles. The lowest BCUT2D eigenvalue weighted by molar-refractivity contribution is 0.0984. The molecule has 1 saturated carbocycles. The second kappa shape index (κ2) is 5.06. The highest BCUT2D eigenvalue weighted by atomic mass is 19.3. The molecule has 0 aliphatic heterocycles. The van der Waals surface area contributed by atoms with Crippen LogP contribution < -0.4 is 0 Å². The van der Waals surface area contributed by atoms with E-state index in [1.807, 2.05) is 0 Å². The Morgan fingerprint density at radius 2 is 1.92 bits per heavy atom. The molecule has 1 aliphatic rings. The molecule has 2 aromatic heterocycles. The molecule has 0 saturated heterocycles. The van der Waals surface area contributed by atoms with E-state index in [-0.39, 0.29) is 18.5 Å². The van der Waals surface area contributed by atoms with Crippen LogP contribution in [0.3, 0.4) is 0 Å². The second-order valence-corrected chi connectivity index (χ2v) is 5.88. The van der Waals surface area contributed by atoms with Crippen LogP contribution in [0.15, 0.2) is 36.5 Å².